The molecule has 2 aromatic heterocycles. The Bertz CT molecular complexity index is 1220. The molecule has 0 atom stereocenters. The van der Waals surface area contributed by atoms with E-state index >= 15 is 0 Å². The summed E-state index contributed by atoms with van der Waals surface area (Å²) < 4.78 is 16.5. The first-order chi connectivity index (χ1) is 15.7. The zero-order valence-corrected chi connectivity index (χ0v) is 19.5. The molecule has 0 unspecified atom stereocenters. The van der Waals surface area contributed by atoms with Crippen molar-refractivity contribution in [3.63, 3.8) is 0 Å². The Balaban J connectivity index is 1.57. The largest absolute Gasteiger partial charge is 0.481 e. The molecule has 1 amide bonds. The van der Waals surface area contributed by atoms with E-state index in [1.807, 2.05) is 21.6 Å². The van der Waals surface area contributed by atoms with Crippen molar-refractivity contribution in [3.05, 3.63) is 64.2 Å². The van der Waals surface area contributed by atoms with E-state index in [0.717, 1.165) is 22.3 Å². The monoisotopic (exact) mass is 471 g/mol. The molecular formula is C25H27ClFN3O3. The lowest BCUT2D eigenvalue weighted by molar-refractivity contribution is -0.147. The van der Waals surface area contributed by atoms with Crippen molar-refractivity contribution >= 4 is 34.5 Å². The van der Waals surface area contributed by atoms with Crippen molar-refractivity contribution in [2.45, 2.75) is 52.6 Å². The Hall–Kier alpha value is -2.93. The molecule has 0 bridgehead atoms. The maximum atomic E-state index is 14.5. The molecule has 0 saturated heterocycles. The Morgan fingerprint density at radius 1 is 1.27 bits per heavy atom. The molecule has 0 spiro atoms. The summed E-state index contributed by atoms with van der Waals surface area (Å²) in [6, 6.07) is 8.55. The molecule has 6 nitrogen and oxygen atoms in total. The summed E-state index contributed by atoms with van der Waals surface area (Å²) in [5.41, 5.74) is 2.53. The van der Waals surface area contributed by atoms with Crippen LogP contribution in [-0.4, -0.2) is 38.0 Å². The van der Waals surface area contributed by atoms with Crippen molar-refractivity contribution in [2.24, 2.45) is 5.41 Å². The molecule has 3 heterocycles. The van der Waals surface area contributed by atoms with Gasteiger partial charge < -0.3 is 14.6 Å². The number of nitrogens with zero attached hydrogens (tertiary/aromatic N) is 3. The molecular weight excluding hydrogens is 445 g/mol. The zero-order chi connectivity index (χ0) is 23.8. The minimum atomic E-state index is -0.857. The van der Waals surface area contributed by atoms with Gasteiger partial charge in [0.25, 0.3) is 0 Å². The van der Waals surface area contributed by atoms with E-state index in [4.69, 9.17) is 11.6 Å². The molecule has 0 aliphatic carbocycles. The molecule has 3 aromatic rings. The molecule has 4 rings (SSSR count). The highest BCUT2D eigenvalue weighted by molar-refractivity contribution is 6.30. The Morgan fingerprint density at radius 3 is 2.79 bits per heavy atom. The molecule has 174 valence electrons. The van der Waals surface area contributed by atoms with Gasteiger partial charge in [0.1, 0.15) is 11.5 Å². The van der Waals surface area contributed by atoms with Crippen molar-refractivity contribution in [1.29, 1.82) is 0 Å². The van der Waals surface area contributed by atoms with Crippen molar-refractivity contribution in [2.75, 3.05) is 6.54 Å². The first-order valence-corrected chi connectivity index (χ1v) is 11.5. The second kappa shape index (κ2) is 9.14. The maximum Gasteiger partial charge on any atom is 0.309 e. The van der Waals surface area contributed by atoms with Gasteiger partial charge in [-0.1, -0.05) is 17.7 Å². The third-order valence-electron chi connectivity index (χ3n) is 6.48. The van der Waals surface area contributed by atoms with E-state index in [1.54, 1.807) is 32.2 Å². The van der Waals surface area contributed by atoms with E-state index in [-0.39, 0.29) is 11.7 Å². The number of aromatic nitrogens is 2. The molecule has 0 fully saturated rings. The zero-order valence-electron chi connectivity index (χ0n) is 18.8. The Labute approximate surface area is 197 Å². The van der Waals surface area contributed by atoms with E-state index in [2.05, 4.69) is 4.98 Å². The number of carbonyl (C=O) groups excluding carboxylic acids is 1. The lowest BCUT2D eigenvalue weighted by atomic mass is 9.87. The summed E-state index contributed by atoms with van der Waals surface area (Å²) in [5.74, 6) is -1.23. The number of amides is 1. The highest BCUT2D eigenvalue weighted by Gasteiger charge is 2.29. The molecule has 1 aromatic carbocycles. The molecule has 1 aliphatic heterocycles. The number of carboxylic acid groups (broad SMARTS) is 1. The quantitative estimate of drug-likeness (QED) is 0.523. The molecule has 33 heavy (non-hydrogen) atoms. The third kappa shape index (κ3) is 4.74. The van der Waals surface area contributed by atoms with Crippen LogP contribution in [0.15, 0.2) is 36.5 Å². The van der Waals surface area contributed by atoms with Crippen LogP contribution in [0.25, 0.3) is 11.0 Å². The molecule has 1 N–H and O–H groups in total. The van der Waals surface area contributed by atoms with Crippen molar-refractivity contribution in [1.82, 2.24) is 14.5 Å². The standard InChI is InChI=1S/C25H27ClFN3O3/c1-25(2,24(32)33)10-3-6-22(31)29-12-9-18-19-5-4-11-28-23(19)30(21(18)15-29)14-16-7-8-17(26)13-20(16)27/h4-5,7-8,11,13H,3,6,9-10,12,14-15H2,1-2H3,(H,32,33). The second-order valence-corrected chi connectivity index (χ2v) is 9.67. The van der Waals surface area contributed by atoms with Crippen LogP contribution in [0.3, 0.4) is 0 Å². The first-order valence-electron chi connectivity index (χ1n) is 11.1. The fourth-order valence-corrected chi connectivity index (χ4v) is 4.57. The summed E-state index contributed by atoms with van der Waals surface area (Å²) in [4.78, 5) is 30.6. The van der Waals surface area contributed by atoms with Crippen LogP contribution in [-0.2, 0) is 29.1 Å². The van der Waals surface area contributed by atoms with E-state index < -0.39 is 11.4 Å². The number of carboxylic acids is 1. The summed E-state index contributed by atoms with van der Waals surface area (Å²) >= 11 is 5.91. The van der Waals surface area contributed by atoms with Crippen LogP contribution in [0.1, 0.15) is 49.9 Å². The lowest BCUT2D eigenvalue weighted by Crippen LogP contribution is -2.36. The van der Waals surface area contributed by atoms with Gasteiger partial charge in [-0.15, -0.1) is 0 Å². The Kier molecular flexibility index (Phi) is 6.43. The van der Waals surface area contributed by atoms with E-state index in [0.29, 0.717) is 55.9 Å². The van der Waals surface area contributed by atoms with Crippen LogP contribution in [0.2, 0.25) is 5.02 Å². The molecule has 0 radical (unpaired) electrons. The predicted octanol–water partition coefficient (Wildman–Crippen LogP) is 5.04. The van der Waals surface area contributed by atoms with Crippen molar-refractivity contribution < 1.29 is 19.1 Å². The number of pyridine rings is 1. The van der Waals surface area contributed by atoms with E-state index in [1.165, 1.54) is 6.07 Å². The van der Waals surface area contributed by atoms with Gasteiger partial charge in [-0.2, -0.15) is 0 Å². The summed E-state index contributed by atoms with van der Waals surface area (Å²) in [6.45, 7) is 4.66. The number of carbonyl (C=O) groups is 2. The summed E-state index contributed by atoms with van der Waals surface area (Å²) in [5, 5.41) is 10.7. The van der Waals surface area contributed by atoms with Crippen LogP contribution < -0.4 is 0 Å². The lowest BCUT2D eigenvalue weighted by Gasteiger charge is -2.29. The van der Waals surface area contributed by atoms with Gasteiger partial charge in [-0.25, -0.2) is 9.37 Å². The highest BCUT2D eigenvalue weighted by atomic mass is 35.5. The number of hydrogen-bond acceptors (Lipinski definition) is 3. The van der Waals surface area contributed by atoms with Crippen LogP contribution in [0.4, 0.5) is 4.39 Å². The van der Waals surface area contributed by atoms with Gasteiger partial charge in [0.15, 0.2) is 0 Å². The van der Waals surface area contributed by atoms with Gasteiger partial charge in [-0.3, -0.25) is 9.59 Å². The fourth-order valence-electron chi connectivity index (χ4n) is 4.41. The summed E-state index contributed by atoms with van der Waals surface area (Å²) in [6.07, 6.45) is 3.67. The number of hydrogen-bond donors (Lipinski definition) is 1. The number of halogens is 2. The predicted molar refractivity (Wildman–Crippen MR) is 125 cm³/mol. The number of benzene rings is 1. The van der Waals surface area contributed by atoms with Gasteiger partial charge in [0, 0.05) is 40.8 Å². The van der Waals surface area contributed by atoms with Crippen LogP contribution >= 0.6 is 11.6 Å². The number of aliphatic carboxylic acids is 1. The van der Waals surface area contributed by atoms with Gasteiger partial charge >= 0.3 is 5.97 Å². The number of fused-ring (bicyclic) bond motifs is 3. The van der Waals surface area contributed by atoms with Gasteiger partial charge in [0.05, 0.1) is 18.5 Å². The van der Waals surface area contributed by atoms with Gasteiger partial charge in [-0.05, 0) is 62.9 Å². The maximum absolute atomic E-state index is 14.5. The minimum Gasteiger partial charge on any atom is -0.481 e. The molecule has 0 saturated carbocycles. The normalized spacial score (nSPS) is 13.9. The smallest absolute Gasteiger partial charge is 0.309 e. The molecule has 1 aliphatic rings. The van der Waals surface area contributed by atoms with Crippen LogP contribution in [0, 0.1) is 11.2 Å². The third-order valence-corrected chi connectivity index (χ3v) is 6.72. The topological polar surface area (TPSA) is 75.4 Å². The van der Waals surface area contributed by atoms with Crippen molar-refractivity contribution in [3.8, 4) is 0 Å². The average molecular weight is 472 g/mol. The second-order valence-electron chi connectivity index (χ2n) is 9.23. The fraction of sp³-hybridized carbons (Fsp3) is 0.400. The SMILES string of the molecule is CC(C)(CCCC(=O)N1CCc2c(n(Cc3ccc(Cl)cc3F)c3ncccc23)C1)C(=O)O. The van der Waals surface area contributed by atoms with Gasteiger partial charge in [0.2, 0.25) is 5.91 Å². The first kappa shape index (κ1) is 23.2. The Morgan fingerprint density at radius 2 is 2.06 bits per heavy atom. The van der Waals surface area contributed by atoms with Crippen LogP contribution in [0.5, 0.6) is 0 Å². The average Bonchev–Trinajstić information content (AvgIpc) is 3.08. The minimum absolute atomic E-state index is 0.00396. The summed E-state index contributed by atoms with van der Waals surface area (Å²) in [7, 11) is 0. The molecule has 8 heteroatoms. The highest BCUT2D eigenvalue weighted by Crippen LogP contribution is 2.32. The van der Waals surface area contributed by atoms with E-state index in [9.17, 15) is 19.1 Å². The number of rotatable bonds is 7.